The molecule has 0 aliphatic carbocycles. The molecule has 4 N–H and O–H groups in total. The Morgan fingerprint density at radius 3 is 2.43 bits per heavy atom. The third-order valence-corrected chi connectivity index (χ3v) is 5.10. The molecule has 4 heteroatoms. The fraction of sp³-hybridized carbons (Fsp3) is 0.292. The van der Waals surface area contributed by atoms with Crippen molar-refractivity contribution in [3.8, 4) is 0 Å². The smallest absolute Gasteiger partial charge is 0.239 e. The van der Waals surface area contributed by atoms with Crippen molar-refractivity contribution in [2.24, 2.45) is 11.5 Å². The van der Waals surface area contributed by atoms with Crippen LogP contribution in [0.3, 0.4) is 0 Å². The van der Waals surface area contributed by atoms with Gasteiger partial charge in [0.2, 0.25) is 5.91 Å². The molecule has 0 aliphatic heterocycles. The van der Waals surface area contributed by atoms with Gasteiger partial charge in [-0.1, -0.05) is 72.8 Å². The van der Waals surface area contributed by atoms with Crippen molar-refractivity contribution in [3.05, 3.63) is 83.9 Å². The van der Waals surface area contributed by atoms with E-state index < -0.39 is 6.04 Å². The van der Waals surface area contributed by atoms with Crippen LogP contribution in [0.25, 0.3) is 10.8 Å². The summed E-state index contributed by atoms with van der Waals surface area (Å²) in [5, 5.41) is 2.46. The quantitative estimate of drug-likeness (QED) is 0.601. The number of nitrogens with two attached hydrogens (primary N) is 2. The molecule has 3 rings (SSSR count). The number of nitrogens with zero attached hydrogens (tertiary/aromatic N) is 1. The molecule has 0 bridgehead atoms. The average Bonchev–Trinajstić information content (AvgIpc) is 2.75. The summed E-state index contributed by atoms with van der Waals surface area (Å²) in [6.07, 6.45) is 2.17. The lowest BCUT2D eigenvalue weighted by Crippen LogP contribution is -2.44. The first-order chi connectivity index (χ1) is 13.7. The molecule has 1 amide bonds. The fourth-order valence-electron chi connectivity index (χ4n) is 3.53. The molecule has 3 aromatic carbocycles. The molecule has 146 valence electrons. The number of fused-ring (bicyclic) bond motifs is 1. The number of hydrogen-bond acceptors (Lipinski definition) is 3. The van der Waals surface area contributed by atoms with E-state index >= 15 is 0 Å². The predicted octanol–water partition coefficient (Wildman–Crippen LogP) is 3.48. The molecule has 0 saturated heterocycles. The van der Waals surface area contributed by atoms with E-state index in [-0.39, 0.29) is 5.91 Å². The third-order valence-electron chi connectivity index (χ3n) is 5.10. The molecule has 0 spiro atoms. The van der Waals surface area contributed by atoms with Crippen LogP contribution in [0, 0.1) is 0 Å². The molecule has 0 heterocycles. The number of rotatable bonds is 9. The second-order valence-electron chi connectivity index (χ2n) is 7.17. The minimum absolute atomic E-state index is 0.00228. The van der Waals surface area contributed by atoms with Gasteiger partial charge in [-0.2, -0.15) is 0 Å². The van der Waals surface area contributed by atoms with Crippen LogP contribution >= 0.6 is 0 Å². The Hall–Kier alpha value is -2.69. The van der Waals surface area contributed by atoms with Gasteiger partial charge in [-0.3, -0.25) is 4.79 Å². The van der Waals surface area contributed by atoms with E-state index in [0.717, 1.165) is 18.4 Å². The molecule has 28 heavy (non-hydrogen) atoms. The summed E-state index contributed by atoms with van der Waals surface area (Å²) >= 11 is 0. The highest BCUT2D eigenvalue weighted by atomic mass is 16.2. The van der Waals surface area contributed by atoms with Crippen LogP contribution in [0.1, 0.15) is 24.0 Å². The van der Waals surface area contributed by atoms with Crippen molar-refractivity contribution in [2.45, 2.75) is 31.8 Å². The number of benzene rings is 3. The maximum Gasteiger partial charge on any atom is 0.239 e. The van der Waals surface area contributed by atoms with E-state index in [9.17, 15) is 4.79 Å². The number of carbonyl (C=O) groups is 1. The second kappa shape index (κ2) is 10.0. The molecular weight excluding hydrogens is 346 g/mol. The Kier molecular flexibility index (Phi) is 7.18. The topological polar surface area (TPSA) is 72.3 Å². The van der Waals surface area contributed by atoms with Gasteiger partial charge >= 0.3 is 0 Å². The van der Waals surface area contributed by atoms with E-state index in [0.29, 0.717) is 26.1 Å². The Morgan fingerprint density at radius 2 is 1.64 bits per heavy atom. The maximum atomic E-state index is 13.0. The Labute approximate surface area is 167 Å². The first-order valence-electron chi connectivity index (χ1n) is 9.94. The third kappa shape index (κ3) is 5.18. The zero-order valence-corrected chi connectivity index (χ0v) is 16.3. The van der Waals surface area contributed by atoms with Gasteiger partial charge in [0.15, 0.2) is 0 Å². The standard InChI is InChI=1S/C24H29N3O/c25-16-7-14-23(26)24(28)27(18-19-8-2-1-3-9-19)17-15-21-12-6-11-20-10-4-5-13-22(20)21/h1-6,8-13,23H,7,14-18,25-26H2/t23-/m0/s1. The lowest BCUT2D eigenvalue weighted by Gasteiger charge is -2.26. The van der Waals surface area contributed by atoms with Crippen molar-refractivity contribution >= 4 is 16.7 Å². The largest absolute Gasteiger partial charge is 0.337 e. The Balaban J connectivity index is 1.77. The summed E-state index contributed by atoms with van der Waals surface area (Å²) in [6.45, 7) is 1.76. The highest BCUT2D eigenvalue weighted by Crippen LogP contribution is 2.20. The van der Waals surface area contributed by atoms with Gasteiger partial charge in [-0.05, 0) is 47.7 Å². The maximum absolute atomic E-state index is 13.0. The predicted molar refractivity (Wildman–Crippen MR) is 116 cm³/mol. The summed E-state index contributed by atoms with van der Waals surface area (Å²) in [7, 11) is 0. The van der Waals surface area contributed by atoms with Gasteiger partial charge in [0.1, 0.15) is 0 Å². The van der Waals surface area contributed by atoms with Crippen molar-refractivity contribution in [3.63, 3.8) is 0 Å². The molecule has 0 radical (unpaired) electrons. The summed E-state index contributed by atoms with van der Waals surface area (Å²) in [5.74, 6) is -0.00228. The molecule has 4 nitrogen and oxygen atoms in total. The Bertz CT molecular complexity index is 889. The highest BCUT2D eigenvalue weighted by Gasteiger charge is 2.21. The van der Waals surface area contributed by atoms with Crippen LogP contribution < -0.4 is 11.5 Å². The van der Waals surface area contributed by atoms with E-state index in [1.165, 1.54) is 16.3 Å². The molecule has 0 fully saturated rings. The Morgan fingerprint density at radius 1 is 0.929 bits per heavy atom. The minimum atomic E-state index is -0.500. The van der Waals surface area contributed by atoms with Crippen molar-refractivity contribution in [1.82, 2.24) is 4.90 Å². The number of hydrogen-bond donors (Lipinski definition) is 2. The van der Waals surface area contributed by atoms with Gasteiger partial charge in [-0.25, -0.2) is 0 Å². The van der Waals surface area contributed by atoms with Crippen molar-refractivity contribution in [2.75, 3.05) is 13.1 Å². The lowest BCUT2D eigenvalue weighted by atomic mass is 10.0. The van der Waals surface area contributed by atoms with Gasteiger partial charge in [0.25, 0.3) is 0 Å². The minimum Gasteiger partial charge on any atom is -0.337 e. The van der Waals surface area contributed by atoms with E-state index in [4.69, 9.17) is 11.5 Å². The summed E-state index contributed by atoms with van der Waals surface area (Å²) < 4.78 is 0. The first kappa shape index (κ1) is 20.1. The van der Waals surface area contributed by atoms with Gasteiger partial charge in [0.05, 0.1) is 6.04 Å². The van der Waals surface area contributed by atoms with Crippen LogP contribution in [0.15, 0.2) is 72.8 Å². The van der Waals surface area contributed by atoms with E-state index in [2.05, 4.69) is 36.4 Å². The summed E-state index contributed by atoms with van der Waals surface area (Å²) in [4.78, 5) is 14.9. The molecule has 1 atom stereocenters. The zero-order valence-electron chi connectivity index (χ0n) is 16.3. The molecule has 0 aliphatic rings. The van der Waals surface area contributed by atoms with Gasteiger partial charge in [-0.15, -0.1) is 0 Å². The fourth-order valence-corrected chi connectivity index (χ4v) is 3.53. The lowest BCUT2D eigenvalue weighted by molar-refractivity contribution is -0.133. The van der Waals surface area contributed by atoms with Crippen molar-refractivity contribution in [1.29, 1.82) is 0 Å². The number of amides is 1. The van der Waals surface area contributed by atoms with Crippen LogP contribution in [0.2, 0.25) is 0 Å². The van der Waals surface area contributed by atoms with Crippen LogP contribution in [0.4, 0.5) is 0 Å². The van der Waals surface area contributed by atoms with Crippen LogP contribution in [-0.2, 0) is 17.8 Å². The first-order valence-corrected chi connectivity index (χ1v) is 9.94. The van der Waals surface area contributed by atoms with Gasteiger partial charge < -0.3 is 16.4 Å². The average molecular weight is 376 g/mol. The zero-order chi connectivity index (χ0) is 19.8. The molecule has 3 aromatic rings. The highest BCUT2D eigenvalue weighted by molar-refractivity contribution is 5.86. The van der Waals surface area contributed by atoms with Crippen LogP contribution in [-0.4, -0.2) is 29.9 Å². The van der Waals surface area contributed by atoms with E-state index in [1.807, 2.05) is 41.3 Å². The number of carbonyl (C=O) groups excluding carboxylic acids is 1. The molecule has 0 saturated carbocycles. The summed E-state index contributed by atoms with van der Waals surface area (Å²) in [6, 6.07) is 24.3. The molecule has 0 aromatic heterocycles. The van der Waals surface area contributed by atoms with Crippen LogP contribution in [0.5, 0.6) is 0 Å². The second-order valence-corrected chi connectivity index (χ2v) is 7.17. The normalized spacial score (nSPS) is 12.1. The van der Waals surface area contributed by atoms with Gasteiger partial charge in [0, 0.05) is 13.1 Å². The monoisotopic (exact) mass is 375 g/mol. The molecule has 0 unspecified atom stereocenters. The van der Waals surface area contributed by atoms with E-state index in [1.54, 1.807) is 0 Å². The SMILES string of the molecule is NCCC[C@H](N)C(=O)N(CCc1cccc2ccccc12)Cc1ccccc1. The molecular formula is C24H29N3O. The summed E-state index contributed by atoms with van der Waals surface area (Å²) in [5.41, 5.74) is 14.1. The van der Waals surface area contributed by atoms with Crippen molar-refractivity contribution < 1.29 is 4.79 Å².